The van der Waals surface area contributed by atoms with Crippen LogP contribution in [0.2, 0.25) is 0 Å². The standard InChI is InChI=1S/C25H35N5OS/c1-16(17-10-12-20-21(14-17)29-30-28-20)23(31)26-15-18-11-13-22(25(2,3)4)27-24(18)32-19-8-6-5-7-9-19/h10-14,16,19,28-30H,5-9,15H2,1-4H3,(H,26,31). The van der Waals surface area contributed by atoms with Gasteiger partial charge in [-0.1, -0.05) is 52.2 Å². The Morgan fingerprint density at radius 3 is 2.62 bits per heavy atom. The maximum Gasteiger partial charge on any atom is 0.227 e. The number of fused-ring (bicyclic) bond motifs is 1. The van der Waals surface area contributed by atoms with Crippen LogP contribution in [0.3, 0.4) is 0 Å². The number of carbonyl (C=O) groups excluding carboxylic acids is 1. The third-order valence-corrected chi connectivity index (χ3v) is 7.70. The molecule has 0 radical (unpaired) electrons. The Morgan fingerprint density at radius 1 is 1.12 bits per heavy atom. The molecule has 1 aromatic heterocycles. The highest BCUT2D eigenvalue weighted by molar-refractivity contribution is 7.99. The summed E-state index contributed by atoms with van der Waals surface area (Å²) in [7, 11) is 0. The molecule has 1 aromatic carbocycles. The molecule has 1 atom stereocenters. The molecule has 0 bridgehead atoms. The predicted octanol–water partition coefficient (Wildman–Crippen LogP) is 5.48. The van der Waals surface area contributed by atoms with E-state index in [9.17, 15) is 4.79 Å². The van der Waals surface area contributed by atoms with Crippen molar-refractivity contribution in [2.24, 2.45) is 0 Å². The highest BCUT2D eigenvalue weighted by Gasteiger charge is 2.23. The molecule has 6 nitrogen and oxygen atoms in total. The summed E-state index contributed by atoms with van der Waals surface area (Å²) in [5.41, 5.74) is 14.1. The zero-order valence-corrected chi connectivity index (χ0v) is 20.4. The first kappa shape index (κ1) is 22.9. The van der Waals surface area contributed by atoms with Gasteiger partial charge in [-0.25, -0.2) is 4.98 Å². The van der Waals surface area contributed by atoms with Gasteiger partial charge in [-0.15, -0.1) is 17.3 Å². The Labute approximate surface area is 195 Å². The second-order valence-electron chi connectivity index (χ2n) is 9.91. The second-order valence-corrected chi connectivity index (χ2v) is 11.2. The summed E-state index contributed by atoms with van der Waals surface area (Å²) in [6.45, 7) is 9.05. The lowest BCUT2D eigenvalue weighted by molar-refractivity contribution is -0.122. The van der Waals surface area contributed by atoms with Gasteiger partial charge in [-0.05, 0) is 43.5 Å². The van der Waals surface area contributed by atoms with Gasteiger partial charge in [0.05, 0.1) is 17.3 Å². The molecule has 7 heteroatoms. The molecule has 1 amide bonds. The van der Waals surface area contributed by atoms with Crippen molar-refractivity contribution >= 4 is 29.0 Å². The number of carbonyl (C=O) groups is 1. The number of hydrogen-bond donors (Lipinski definition) is 4. The number of benzene rings is 1. The smallest absolute Gasteiger partial charge is 0.227 e. The molecule has 1 aliphatic carbocycles. The molecule has 2 aromatic rings. The lowest BCUT2D eigenvalue weighted by atomic mass is 9.91. The summed E-state index contributed by atoms with van der Waals surface area (Å²) in [6, 6.07) is 10.3. The van der Waals surface area contributed by atoms with E-state index in [1.165, 1.54) is 32.1 Å². The van der Waals surface area contributed by atoms with Crippen molar-refractivity contribution in [3.05, 3.63) is 47.2 Å². The zero-order valence-electron chi connectivity index (χ0n) is 19.5. The molecule has 1 fully saturated rings. The second kappa shape index (κ2) is 9.71. The number of anilines is 2. The average Bonchev–Trinajstić information content (AvgIpc) is 3.25. The van der Waals surface area contributed by atoms with Gasteiger partial charge in [0.15, 0.2) is 0 Å². The van der Waals surface area contributed by atoms with Crippen LogP contribution in [0.5, 0.6) is 0 Å². The van der Waals surface area contributed by atoms with Crippen LogP contribution in [-0.2, 0) is 16.8 Å². The molecule has 32 heavy (non-hydrogen) atoms. The number of nitrogens with one attached hydrogen (secondary N) is 4. The quantitative estimate of drug-likeness (QED) is 0.464. The molecule has 0 saturated heterocycles. The number of hydrogen-bond acceptors (Lipinski definition) is 6. The first-order chi connectivity index (χ1) is 15.3. The van der Waals surface area contributed by atoms with Crippen LogP contribution >= 0.6 is 11.8 Å². The number of pyridine rings is 1. The van der Waals surface area contributed by atoms with E-state index in [1.807, 2.05) is 36.9 Å². The summed E-state index contributed by atoms with van der Waals surface area (Å²) in [5, 5.41) is 4.86. The van der Waals surface area contributed by atoms with Gasteiger partial charge >= 0.3 is 0 Å². The predicted molar refractivity (Wildman–Crippen MR) is 133 cm³/mol. The minimum atomic E-state index is -0.237. The van der Waals surface area contributed by atoms with Crippen molar-refractivity contribution in [2.75, 3.05) is 10.9 Å². The first-order valence-electron chi connectivity index (χ1n) is 11.7. The van der Waals surface area contributed by atoms with E-state index in [-0.39, 0.29) is 17.2 Å². The lowest BCUT2D eigenvalue weighted by Crippen LogP contribution is -2.28. The third-order valence-electron chi connectivity index (χ3n) is 6.32. The van der Waals surface area contributed by atoms with Crippen molar-refractivity contribution in [3.63, 3.8) is 0 Å². The summed E-state index contributed by atoms with van der Waals surface area (Å²) < 4.78 is 0. The first-order valence-corrected chi connectivity index (χ1v) is 12.5. The van der Waals surface area contributed by atoms with E-state index in [1.54, 1.807) is 0 Å². The number of hydrazine groups is 2. The van der Waals surface area contributed by atoms with Gasteiger partial charge < -0.3 is 16.2 Å². The van der Waals surface area contributed by atoms with Gasteiger partial charge in [-0.3, -0.25) is 4.79 Å². The Bertz CT molecular complexity index is 965. The molecule has 0 spiro atoms. The number of aromatic nitrogens is 1. The minimum absolute atomic E-state index is 0.00346. The molecular formula is C25H35N5OS. The largest absolute Gasteiger partial charge is 0.351 e. The van der Waals surface area contributed by atoms with Gasteiger partial charge in [0, 0.05) is 28.5 Å². The van der Waals surface area contributed by atoms with Gasteiger partial charge in [0.25, 0.3) is 0 Å². The van der Waals surface area contributed by atoms with Crippen molar-refractivity contribution in [1.29, 1.82) is 0 Å². The van der Waals surface area contributed by atoms with Crippen molar-refractivity contribution in [3.8, 4) is 0 Å². The van der Waals surface area contributed by atoms with E-state index in [2.05, 4.69) is 54.6 Å². The highest BCUT2D eigenvalue weighted by atomic mass is 32.2. The highest BCUT2D eigenvalue weighted by Crippen LogP contribution is 2.36. The van der Waals surface area contributed by atoms with Crippen molar-refractivity contribution in [2.45, 2.75) is 88.0 Å². The number of thioether (sulfide) groups is 1. The number of nitrogens with zero attached hydrogens (tertiary/aromatic N) is 1. The molecule has 2 aliphatic rings. The Balaban J connectivity index is 1.46. The molecule has 1 saturated carbocycles. The maximum absolute atomic E-state index is 13.0. The van der Waals surface area contributed by atoms with E-state index >= 15 is 0 Å². The van der Waals surface area contributed by atoms with E-state index in [0.717, 1.165) is 33.2 Å². The van der Waals surface area contributed by atoms with Crippen LogP contribution in [-0.4, -0.2) is 16.1 Å². The van der Waals surface area contributed by atoms with Gasteiger partial charge in [0.1, 0.15) is 5.03 Å². The fourth-order valence-corrected chi connectivity index (χ4v) is 5.49. The summed E-state index contributed by atoms with van der Waals surface area (Å²) in [4.78, 5) is 18.0. The molecule has 2 heterocycles. The Morgan fingerprint density at radius 2 is 1.88 bits per heavy atom. The van der Waals surface area contributed by atoms with Crippen LogP contribution in [0.15, 0.2) is 35.4 Å². The average molecular weight is 454 g/mol. The molecule has 172 valence electrons. The normalized spacial score (nSPS) is 17.2. The fraction of sp³-hybridized carbons (Fsp3) is 0.520. The van der Waals surface area contributed by atoms with Crippen LogP contribution in [0.25, 0.3) is 0 Å². The van der Waals surface area contributed by atoms with Crippen LogP contribution in [0, 0.1) is 0 Å². The van der Waals surface area contributed by atoms with E-state index < -0.39 is 0 Å². The summed E-state index contributed by atoms with van der Waals surface area (Å²) >= 11 is 1.91. The maximum atomic E-state index is 13.0. The summed E-state index contributed by atoms with van der Waals surface area (Å²) in [6.07, 6.45) is 6.47. The molecule has 1 aliphatic heterocycles. The van der Waals surface area contributed by atoms with Gasteiger partial charge in [-0.2, -0.15) is 0 Å². The number of rotatable bonds is 6. The summed E-state index contributed by atoms with van der Waals surface area (Å²) in [5.74, 6) is -0.212. The van der Waals surface area contributed by atoms with E-state index in [0.29, 0.717) is 11.8 Å². The topological polar surface area (TPSA) is 78.1 Å². The SMILES string of the molecule is CC(C(=O)NCc1ccc(C(C)(C)C)nc1SC1CCCCC1)c1ccc2c(c1)NNN2. The molecular weight excluding hydrogens is 418 g/mol. The fourth-order valence-electron chi connectivity index (χ4n) is 4.16. The monoisotopic (exact) mass is 453 g/mol. The lowest BCUT2D eigenvalue weighted by Gasteiger charge is -2.24. The Hall–Kier alpha value is -2.25. The minimum Gasteiger partial charge on any atom is -0.351 e. The zero-order chi connectivity index (χ0) is 22.7. The molecule has 1 unspecified atom stereocenters. The molecule has 4 rings (SSSR count). The van der Waals surface area contributed by atoms with Crippen LogP contribution in [0.4, 0.5) is 11.4 Å². The van der Waals surface area contributed by atoms with Gasteiger partial charge in [0.2, 0.25) is 5.91 Å². The Kier molecular flexibility index (Phi) is 6.96. The van der Waals surface area contributed by atoms with Crippen molar-refractivity contribution in [1.82, 2.24) is 15.8 Å². The van der Waals surface area contributed by atoms with E-state index in [4.69, 9.17) is 4.98 Å². The van der Waals surface area contributed by atoms with Crippen molar-refractivity contribution < 1.29 is 4.79 Å². The van der Waals surface area contributed by atoms with Crippen LogP contribution in [0.1, 0.15) is 82.5 Å². The van der Waals surface area contributed by atoms with Crippen LogP contribution < -0.4 is 21.7 Å². The number of amides is 1. The molecule has 4 N–H and O–H groups in total. The third kappa shape index (κ3) is 5.38.